The van der Waals surface area contributed by atoms with Crippen LogP contribution in [0.5, 0.6) is 5.75 Å². The summed E-state index contributed by atoms with van der Waals surface area (Å²) in [5.41, 5.74) is 3.65. The fourth-order valence-electron chi connectivity index (χ4n) is 3.97. The Balaban J connectivity index is 1.50. The predicted molar refractivity (Wildman–Crippen MR) is 113 cm³/mol. The molecule has 0 saturated carbocycles. The van der Waals surface area contributed by atoms with Crippen molar-refractivity contribution in [2.75, 3.05) is 46.4 Å². The lowest BCUT2D eigenvalue weighted by molar-refractivity contribution is 0.0663. The average molecular weight is 405 g/mol. The molecular formula is C22H23N5O3. The molecule has 2 N–H and O–H groups in total. The summed E-state index contributed by atoms with van der Waals surface area (Å²) in [5.74, 6) is 0.441. The summed E-state index contributed by atoms with van der Waals surface area (Å²) in [7, 11) is 2.06. The van der Waals surface area contributed by atoms with Crippen LogP contribution in [-0.2, 0) is 0 Å². The molecule has 8 heteroatoms. The molecule has 0 radical (unpaired) electrons. The molecule has 0 atom stereocenters. The molecule has 1 saturated heterocycles. The van der Waals surface area contributed by atoms with Gasteiger partial charge in [-0.1, -0.05) is 6.07 Å². The van der Waals surface area contributed by atoms with Gasteiger partial charge in [-0.05, 0) is 30.8 Å². The van der Waals surface area contributed by atoms with Crippen LogP contribution in [0.4, 0.5) is 0 Å². The predicted octanol–water partition coefficient (Wildman–Crippen LogP) is 1.74. The fraction of sp³-hybridized carbons (Fsp3) is 0.318. The number of rotatable bonds is 2. The van der Waals surface area contributed by atoms with E-state index in [1.54, 1.807) is 12.3 Å². The van der Waals surface area contributed by atoms with E-state index >= 15 is 0 Å². The van der Waals surface area contributed by atoms with Crippen LogP contribution in [0.1, 0.15) is 20.7 Å². The molecule has 3 aromatic rings. The van der Waals surface area contributed by atoms with Crippen LogP contribution in [0.15, 0.2) is 36.7 Å². The Morgan fingerprint density at radius 1 is 1.13 bits per heavy atom. The van der Waals surface area contributed by atoms with E-state index in [0.717, 1.165) is 42.7 Å². The zero-order valence-electron chi connectivity index (χ0n) is 16.8. The van der Waals surface area contributed by atoms with Crippen molar-refractivity contribution in [3.05, 3.63) is 47.8 Å². The molecular weight excluding hydrogens is 382 g/mol. The molecule has 0 bridgehead atoms. The molecule has 2 aliphatic rings. The third-order valence-corrected chi connectivity index (χ3v) is 5.75. The summed E-state index contributed by atoms with van der Waals surface area (Å²) in [4.78, 5) is 36.9. The van der Waals surface area contributed by atoms with Crippen LogP contribution >= 0.6 is 0 Å². The van der Waals surface area contributed by atoms with Crippen LogP contribution in [0, 0.1) is 0 Å². The number of nitrogens with zero attached hydrogens (tertiary/aromatic N) is 3. The number of carbonyl (C=O) groups is 2. The summed E-state index contributed by atoms with van der Waals surface area (Å²) in [6.45, 7) is 4.10. The van der Waals surface area contributed by atoms with Gasteiger partial charge in [0.15, 0.2) is 0 Å². The third kappa shape index (κ3) is 3.29. The van der Waals surface area contributed by atoms with Gasteiger partial charge in [0.25, 0.3) is 11.8 Å². The van der Waals surface area contributed by atoms with E-state index < -0.39 is 0 Å². The van der Waals surface area contributed by atoms with Crippen LogP contribution in [0.25, 0.3) is 22.2 Å². The van der Waals surface area contributed by atoms with Gasteiger partial charge < -0.3 is 24.8 Å². The van der Waals surface area contributed by atoms with E-state index in [2.05, 4.69) is 27.2 Å². The number of H-pyrrole nitrogens is 1. The smallest absolute Gasteiger partial charge is 0.255 e. The minimum Gasteiger partial charge on any atom is -0.491 e. The number of aromatic nitrogens is 2. The highest BCUT2D eigenvalue weighted by Gasteiger charge is 2.22. The Morgan fingerprint density at radius 3 is 2.80 bits per heavy atom. The quantitative estimate of drug-likeness (QED) is 0.678. The number of fused-ring (bicyclic) bond motifs is 2. The van der Waals surface area contributed by atoms with E-state index in [0.29, 0.717) is 35.7 Å². The number of hydrogen-bond acceptors (Lipinski definition) is 5. The Hall–Kier alpha value is -3.39. The first-order valence-electron chi connectivity index (χ1n) is 10.1. The summed E-state index contributed by atoms with van der Waals surface area (Å²) in [6, 6.07) is 7.44. The lowest BCUT2D eigenvalue weighted by Crippen LogP contribution is -2.47. The highest BCUT2D eigenvalue weighted by atomic mass is 16.5. The zero-order valence-corrected chi connectivity index (χ0v) is 16.8. The maximum Gasteiger partial charge on any atom is 0.255 e. The van der Waals surface area contributed by atoms with Gasteiger partial charge in [0.2, 0.25) is 0 Å². The van der Waals surface area contributed by atoms with E-state index in [1.165, 1.54) is 0 Å². The molecule has 0 spiro atoms. The van der Waals surface area contributed by atoms with Gasteiger partial charge in [-0.25, -0.2) is 4.98 Å². The minimum atomic E-state index is -0.130. The zero-order chi connectivity index (χ0) is 20.7. The van der Waals surface area contributed by atoms with Crippen LogP contribution in [0.3, 0.4) is 0 Å². The maximum absolute atomic E-state index is 13.0. The summed E-state index contributed by atoms with van der Waals surface area (Å²) >= 11 is 0. The third-order valence-electron chi connectivity index (χ3n) is 5.75. The largest absolute Gasteiger partial charge is 0.491 e. The first-order valence-corrected chi connectivity index (χ1v) is 10.1. The highest BCUT2D eigenvalue weighted by molar-refractivity contribution is 6.02. The molecule has 4 heterocycles. The van der Waals surface area contributed by atoms with Crippen LogP contribution < -0.4 is 10.1 Å². The van der Waals surface area contributed by atoms with Crippen LogP contribution in [0.2, 0.25) is 0 Å². The standard InChI is InChI=1S/C22H23N5O3/c1-26-5-7-27(8-6-26)22(29)15-10-17-18(13-25-20(17)24-12-15)14-2-3-16-19(11-14)30-9-4-23-21(16)28/h2-3,10-13H,4-9H2,1H3,(H,23,28)(H,24,25). The average Bonchev–Trinajstić information content (AvgIpc) is 3.10. The molecule has 0 unspecified atom stereocenters. The Labute approximate surface area is 173 Å². The summed E-state index contributed by atoms with van der Waals surface area (Å²) < 4.78 is 5.75. The van der Waals surface area contributed by atoms with E-state index in [-0.39, 0.29) is 11.8 Å². The monoisotopic (exact) mass is 405 g/mol. The molecule has 1 aromatic carbocycles. The van der Waals surface area contributed by atoms with Crippen molar-refractivity contribution < 1.29 is 14.3 Å². The molecule has 2 amide bonds. The van der Waals surface area contributed by atoms with Gasteiger partial charge in [0.05, 0.1) is 17.7 Å². The van der Waals surface area contributed by atoms with E-state index in [1.807, 2.05) is 29.3 Å². The number of likely N-dealkylation sites (N-methyl/N-ethyl adjacent to an activating group) is 1. The number of benzene rings is 1. The van der Waals surface area contributed by atoms with Gasteiger partial charge in [0, 0.05) is 49.5 Å². The molecule has 2 aliphatic heterocycles. The number of pyridine rings is 1. The molecule has 154 valence electrons. The van der Waals surface area contributed by atoms with Gasteiger partial charge in [-0.3, -0.25) is 9.59 Å². The van der Waals surface area contributed by atoms with Gasteiger partial charge in [-0.15, -0.1) is 0 Å². The summed E-state index contributed by atoms with van der Waals surface area (Å²) in [5, 5.41) is 3.68. The first-order chi connectivity index (χ1) is 14.6. The van der Waals surface area contributed by atoms with Gasteiger partial charge in [0.1, 0.15) is 18.0 Å². The second-order valence-electron chi connectivity index (χ2n) is 7.73. The van der Waals surface area contributed by atoms with E-state index in [9.17, 15) is 9.59 Å². The molecule has 1 fully saturated rings. The van der Waals surface area contributed by atoms with Gasteiger partial charge in [-0.2, -0.15) is 0 Å². The highest BCUT2D eigenvalue weighted by Crippen LogP contribution is 2.33. The fourth-order valence-corrected chi connectivity index (χ4v) is 3.97. The first kappa shape index (κ1) is 18.6. The van der Waals surface area contributed by atoms with Crippen molar-refractivity contribution in [2.24, 2.45) is 0 Å². The molecule has 8 nitrogen and oxygen atoms in total. The SMILES string of the molecule is CN1CCN(C(=O)c2cnc3[nH]cc(-c4ccc5c(c4)OCCNC5=O)c3c2)CC1. The summed E-state index contributed by atoms with van der Waals surface area (Å²) in [6.07, 6.45) is 3.51. The Morgan fingerprint density at radius 2 is 1.97 bits per heavy atom. The number of piperazine rings is 1. The topological polar surface area (TPSA) is 90.6 Å². The maximum atomic E-state index is 13.0. The van der Waals surface area contributed by atoms with Crippen molar-refractivity contribution in [2.45, 2.75) is 0 Å². The van der Waals surface area contributed by atoms with Crippen molar-refractivity contribution in [3.8, 4) is 16.9 Å². The normalized spacial score (nSPS) is 17.2. The van der Waals surface area contributed by atoms with Gasteiger partial charge >= 0.3 is 0 Å². The molecule has 2 aromatic heterocycles. The number of carbonyl (C=O) groups excluding carboxylic acids is 2. The van der Waals surface area contributed by atoms with Crippen molar-refractivity contribution in [1.82, 2.24) is 25.1 Å². The lowest BCUT2D eigenvalue weighted by Gasteiger charge is -2.32. The number of aromatic amines is 1. The molecule has 5 rings (SSSR count). The van der Waals surface area contributed by atoms with Crippen molar-refractivity contribution in [3.63, 3.8) is 0 Å². The Kier molecular flexibility index (Phi) is 4.63. The number of nitrogens with one attached hydrogen (secondary N) is 2. The number of amides is 2. The second kappa shape index (κ2) is 7.46. The lowest BCUT2D eigenvalue weighted by atomic mass is 10.0. The second-order valence-corrected chi connectivity index (χ2v) is 7.73. The number of ether oxygens (including phenoxy) is 1. The van der Waals surface area contributed by atoms with Crippen molar-refractivity contribution in [1.29, 1.82) is 0 Å². The Bertz CT molecular complexity index is 1130. The molecule has 30 heavy (non-hydrogen) atoms. The van der Waals surface area contributed by atoms with E-state index in [4.69, 9.17) is 4.74 Å². The minimum absolute atomic E-state index is 0.00610. The van der Waals surface area contributed by atoms with Crippen LogP contribution in [-0.4, -0.2) is 78.0 Å². The van der Waals surface area contributed by atoms with Crippen molar-refractivity contribution >= 4 is 22.8 Å². The number of hydrogen-bond donors (Lipinski definition) is 2. The molecule has 0 aliphatic carbocycles.